The van der Waals surface area contributed by atoms with Crippen LogP contribution in [0, 0.1) is 5.82 Å². The first-order valence-electron chi connectivity index (χ1n) is 5.67. The Morgan fingerprint density at radius 3 is 2.80 bits per heavy atom. The highest BCUT2D eigenvalue weighted by Crippen LogP contribution is 2.19. The predicted molar refractivity (Wildman–Crippen MR) is 71.5 cm³/mol. The second-order valence-electron chi connectivity index (χ2n) is 3.91. The van der Waals surface area contributed by atoms with Gasteiger partial charge in [0.2, 0.25) is 0 Å². The molecule has 0 fully saturated rings. The maximum absolute atomic E-state index is 13.4. The van der Waals surface area contributed by atoms with Gasteiger partial charge in [-0.3, -0.25) is 4.79 Å². The van der Waals surface area contributed by atoms with Gasteiger partial charge < -0.3 is 20.5 Å². The van der Waals surface area contributed by atoms with E-state index in [2.05, 4.69) is 10.6 Å². The van der Waals surface area contributed by atoms with Gasteiger partial charge in [0.15, 0.2) is 0 Å². The molecule has 3 N–H and O–H groups in total. The van der Waals surface area contributed by atoms with E-state index in [1.807, 2.05) is 0 Å². The molecule has 0 aliphatic rings. The van der Waals surface area contributed by atoms with Crippen LogP contribution in [0.25, 0.3) is 0 Å². The van der Waals surface area contributed by atoms with E-state index in [-0.39, 0.29) is 23.7 Å². The Hall–Kier alpha value is -1.86. The number of nitrogens with one attached hydrogen (secondary N) is 2. The molecule has 2 amide bonds. The summed E-state index contributed by atoms with van der Waals surface area (Å²) >= 11 is 5.68. The van der Waals surface area contributed by atoms with E-state index < -0.39 is 23.9 Å². The van der Waals surface area contributed by atoms with Crippen LogP contribution in [0.5, 0.6) is 0 Å². The van der Waals surface area contributed by atoms with Crippen LogP contribution in [-0.4, -0.2) is 36.9 Å². The van der Waals surface area contributed by atoms with Crippen LogP contribution in [0.15, 0.2) is 18.2 Å². The van der Waals surface area contributed by atoms with Crippen molar-refractivity contribution in [3.63, 3.8) is 0 Å². The molecule has 1 atom stereocenters. The van der Waals surface area contributed by atoms with Crippen molar-refractivity contribution in [2.75, 3.05) is 19.0 Å². The summed E-state index contributed by atoms with van der Waals surface area (Å²) in [6.07, 6.45) is -0.912. The number of methoxy groups -OCH3 is 1. The van der Waals surface area contributed by atoms with Crippen molar-refractivity contribution >= 4 is 29.3 Å². The van der Waals surface area contributed by atoms with Gasteiger partial charge in [-0.15, -0.1) is 0 Å². The first kappa shape index (κ1) is 16.2. The van der Waals surface area contributed by atoms with E-state index >= 15 is 0 Å². The number of aliphatic carboxylic acids is 1. The minimum absolute atomic E-state index is 0.0170. The minimum Gasteiger partial charge on any atom is -0.481 e. The molecule has 110 valence electrons. The molecule has 1 rings (SSSR count). The van der Waals surface area contributed by atoms with Gasteiger partial charge in [0.1, 0.15) is 5.82 Å². The van der Waals surface area contributed by atoms with Gasteiger partial charge in [-0.2, -0.15) is 0 Å². The van der Waals surface area contributed by atoms with Crippen LogP contribution in [0.3, 0.4) is 0 Å². The lowest BCUT2D eigenvalue weighted by Crippen LogP contribution is -2.37. The summed E-state index contributed by atoms with van der Waals surface area (Å²) in [4.78, 5) is 22.1. The molecule has 6 nitrogen and oxygen atoms in total. The zero-order chi connectivity index (χ0) is 15.1. The maximum atomic E-state index is 13.4. The van der Waals surface area contributed by atoms with Crippen molar-refractivity contribution in [1.29, 1.82) is 0 Å². The van der Waals surface area contributed by atoms with Crippen LogP contribution in [0.1, 0.15) is 6.42 Å². The van der Waals surface area contributed by atoms with Gasteiger partial charge in [0, 0.05) is 18.7 Å². The summed E-state index contributed by atoms with van der Waals surface area (Å²) in [5, 5.41) is 13.5. The van der Waals surface area contributed by atoms with Crippen molar-refractivity contribution in [1.82, 2.24) is 5.32 Å². The third-order valence-electron chi connectivity index (χ3n) is 2.40. The molecule has 0 saturated carbocycles. The average molecular weight is 305 g/mol. The van der Waals surface area contributed by atoms with E-state index in [9.17, 15) is 14.0 Å². The van der Waals surface area contributed by atoms with Crippen LogP contribution < -0.4 is 10.6 Å². The molecule has 0 radical (unpaired) electrons. The van der Waals surface area contributed by atoms with Crippen LogP contribution >= 0.6 is 11.6 Å². The Balaban J connectivity index is 2.51. The van der Waals surface area contributed by atoms with Crippen molar-refractivity contribution in [3.8, 4) is 0 Å². The Bertz CT molecular complexity index is 498. The highest BCUT2D eigenvalue weighted by atomic mass is 35.5. The number of carboxylic acids is 1. The minimum atomic E-state index is -1.04. The first-order chi connectivity index (χ1) is 9.42. The second kappa shape index (κ2) is 7.66. The van der Waals surface area contributed by atoms with Crippen LogP contribution in [0.2, 0.25) is 5.02 Å². The molecule has 1 unspecified atom stereocenters. The quantitative estimate of drug-likeness (QED) is 0.751. The SMILES string of the molecule is COC(CNC(=O)Nc1cc(Cl)ccc1F)CC(=O)O. The highest BCUT2D eigenvalue weighted by Gasteiger charge is 2.14. The van der Waals surface area contributed by atoms with Crippen molar-refractivity contribution in [3.05, 3.63) is 29.0 Å². The number of urea groups is 1. The zero-order valence-electron chi connectivity index (χ0n) is 10.7. The first-order valence-corrected chi connectivity index (χ1v) is 6.04. The van der Waals surface area contributed by atoms with Gasteiger partial charge in [-0.25, -0.2) is 9.18 Å². The number of halogens is 2. The fourth-order valence-electron chi connectivity index (χ4n) is 1.40. The maximum Gasteiger partial charge on any atom is 0.319 e. The van der Waals surface area contributed by atoms with E-state index in [1.54, 1.807) is 0 Å². The predicted octanol–water partition coefficient (Wildman–Crippen LogP) is 2.09. The summed E-state index contributed by atoms with van der Waals surface area (Å²) in [7, 11) is 1.34. The lowest BCUT2D eigenvalue weighted by atomic mass is 10.2. The molecule has 20 heavy (non-hydrogen) atoms. The van der Waals surface area contributed by atoms with Gasteiger partial charge >= 0.3 is 12.0 Å². The third kappa shape index (κ3) is 5.41. The number of carbonyl (C=O) groups is 2. The van der Waals surface area contributed by atoms with Crippen LogP contribution in [-0.2, 0) is 9.53 Å². The average Bonchev–Trinajstić information content (AvgIpc) is 2.38. The second-order valence-corrected chi connectivity index (χ2v) is 4.35. The monoisotopic (exact) mass is 304 g/mol. The lowest BCUT2D eigenvalue weighted by Gasteiger charge is -2.14. The third-order valence-corrected chi connectivity index (χ3v) is 2.64. The van der Waals surface area contributed by atoms with E-state index in [0.29, 0.717) is 0 Å². The van der Waals surface area contributed by atoms with Crippen molar-refractivity contribution in [2.45, 2.75) is 12.5 Å². The lowest BCUT2D eigenvalue weighted by molar-refractivity contribution is -0.139. The molecule has 0 spiro atoms. The molecular formula is C12H14ClFN2O4. The zero-order valence-corrected chi connectivity index (χ0v) is 11.4. The number of hydrogen-bond acceptors (Lipinski definition) is 3. The Kier molecular flexibility index (Phi) is 6.20. The topological polar surface area (TPSA) is 87.7 Å². The Morgan fingerprint density at radius 2 is 2.20 bits per heavy atom. The number of rotatable bonds is 6. The van der Waals surface area contributed by atoms with Crippen LogP contribution in [0.4, 0.5) is 14.9 Å². The molecule has 0 saturated heterocycles. The molecule has 1 aromatic carbocycles. The molecule has 8 heteroatoms. The van der Waals surface area contributed by atoms with E-state index in [1.165, 1.54) is 19.2 Å². The summed E-state index contributed by atoms with van der Waals surface area (Å²) in [6, 6.07) is 3.06. The number of anilines is 1. The van der Waals surface area contributed by atoms with Crippen molar-refractivity contribution in [2.24, 2.45) is 0 Å². The van der Waals surface area contributed by atoms with E-state index in [4.69, 9.17) is 21.4 Å². The Labute approximate surface area is 119 Å². The van der Waals surface area contributed by atoms with Crippen molar-refractivity contribution < 1.29 is 23.8 Å². The molecule has 1 aromatic rings. The largest absolute Gasteiger partial charge is 0.481 e. The number of carbonyl (C=O) groups excluding carboxylic acids is 1. The summed E-state index contributed by atoms with van der Waals surface area (Å²) in [5.74, 6) is -1.67. The summed E-state index contributed by atoms with van der Waals surface area (Å²) in [6.45, 7) is -0.0170. The number of carboxylic acid groups (broad SMARTS) is 1. The number of benzene rings is 1. The van der Waals surface area contributed by atoms with Gasteiger partial charge in [0.05, 0.1) is 18.2 Å². The van der Waals surface area contributed by atoms with Gasteiger partial charge in [0.25, 0.3) is 0 Å². The van der Waals surface area contributed by atoms with E-state index in [0.717, 1.165) is 6.07 Å². The normalized spacial score (nSPS) is 11.8. The fourth-order valence-corrected chi connectivity index (χ4v) is 1.57. The molecule has 0 aliphatic carbocycles. The molecule has 0 aliphatic heterocycles. The number of ether oxygens (including phenoxy) is 1. The highest BCUT2D eigenvalue weighted by molar-refractivity contribution is 6.30. The Morgan fingerprint density at radius 1 is 1.50 bits per heavy atom. The number of hydrogen-bond donors (Lipinski definition) is 3. The molecule has 0 bridgehead atoms. The summed E-state index contributed by atoms with van der Waals surface area (Å²) in [5.41, 5.74) is -0.0674. The smallest absolute Gasteiger partial charge is 0.319 e. The standard InChI is InChI=1S/C12H14ClFN2O4/c1-20-8(5-11(17)18)6-15-12(19)16-10-4-7(13)2-3-9(10)14/h2-4,8H,5-6H2,1H3,(H,17,18)(H2,15,16,19). The molecule has 0 heterocycles. The molecular weight excluding hydrogens is 291 g/mol. The number of amides is 2. The summed E-state index contributed by atoms with van der Waals surface area (Å²) < 4.78 is 18.2. The van der Waals surface area contributed by atoms with Gasteiger partial charge in [-0.1, -0.05) is 11.6 Å². The molecule has 0 aromatic heterocycles. The van der Waals surface area contributed by atoms with Gasteiger partial charge in [-0.05, 0) is 18.2 Å². The fraction of sp³-hybridized carbons (Fsp3) is 0.333.